The van der Waals surface area contributed by atoms with E-state index in [4.69, 9.17) is 4.42 Å². The third kappa shape index (κ3) is 5.17. The summed E-state index contributed by atoms with van der Waals surface area (Å²) in [6.07, 6.45) is 6.25. The molecule has 3 N–H and O–H groups in total. The number of hydrogen-bond acceptors (Lipinski definition) is 6. The number of hydrogen-bond donors (Lipinski definition) is 3. The molecule has 1 aliphatic rings. The number of rotatable bonds is 7. The molecule has 0 bridgehead atoms. The fourth-order valence-corrected chi connectivity index (χ4v) is 3.28. The van der Waals surface area contributed by atoms with Gasteiger partial charge in [-0.2, -0.15) is 0 Å². The molecule has 2 aromatic heterocycles. The van der Waals surface area contributed by atoms with Crippen molar-refractivity contribution in [1.82, 2.24) is 15.6 Å². The summed E-state index contributed by atoms with van der Waals surface area (Å²) in [5.74, 6) is 0.485. The van der Waals surface area contributed by atoms with Gasteiger partial charge in [0.1, 0.15) is 11.3 Å². The summed E-state index contributed by atoms with van der Waals surface area (Å²) >= 11 is 0. The van der Waals surface area contributed by atoms with Crippen LogP contribution in [0.15, 0.2) is 39.8 Å². The number of nitrogens with zero attached hydrogens (tertiary/aromatic N) is 1. The van der Waals surface area contributed by atoms with Gasteiger partial charge in [0.25, 0.3) is 5.91 Å². The highest BCUT2D eigenvalue weighted by Gasteiger charge is 2.22. The average Bonchev–Trinajstić information content (AvgIpc) is 2.68. The van der Waals surface area contributed by atoms with Gasteiger partial charge in [0.2, 0.25) is 0 Å². The molecular weight excluding hydrogens is 344 g/mol. The minimum atomic E-state index is -0.554. The van der Waals surface area contributed by atoms with E-state index in [1.807, 2.05) is 18.2 Å². The molecule has 1 aliphatic heterocycles. The molecule has 1 unspecified atom stereocenters. The SMILES string of the molecule is Cc1cc(C2CCCNC2)oc(=O)c1C(=O)NCCCNc1cccnc1. The van der Waals surface area contributed by atoms with E-state index < -0.39 is 5.63 Å². The fourth-order valence-electron chi connectivity index (χ4n) is 3.28. The van der Waals surface area contributed by atoms with E-state index in [0.29, 0.717) is 24.4 Å². The van der Waals surface area contributed by atoms with Gasteiger partial charge >= 0.3 is 5.63 Å². The zero-order chi connectivity index (χ0) is 19.1. The van der Waals surface area contributed by atoms with Crippen LogP contribution in [0.5, 0.6) is 0 Å². The third-order valence-corrected chi connectivity index (χ3v) is 4.72. The molecule has 0 saturated carbocycles. The zero-order valence-corrected chi connectivity index (χ0v) is 15.6. The number of aryl methyl sites for hydroxylation is 1. The second kappa shape index (κ2) is 9.32. The van der Waals surface area contributed by atoms with Crippen molar-refractivity contribution in [1.29, 1.82) is 0 Å². The normalized spacial score (nSPS) is 16.7. The Morgan fingerprint density at radius 1 is 1.41 bits per heavy atom. The maximum atomic E-state index is 12.4. The quantitative estimate of drug-likeness (QED) is 0.646. The Bertz CT molecular complexity index is 814. The zero-order valence-electron chi connectivity index (χ0n) is 15.6. The number of aromatic nitrogens is 1. The van der Waals surface area contributed by atoms with E-state index >= 15 is 0 Å². The van der Waals surface area contributed by atoms with Crippen LogP contribution in [0.25, 0.3) is 0 Å². The summed E-state index contributed by atoms with van der Waals surface area (Å²) in [5, 5.41) is 9.33. The monoisotopic (exact) mass is 370 g/mol. The molecule has 1 amide bonds. The highest BCUT2D eigenvalue weighted by atomic mass is 16.4. The third-order valence-electron chi connectivity index (χ3n) is 4.72. The molecule has 1 fully saturated rings. The van der Waals surface area contributed by atoms with Crippen molar-refractivity contribution in [2.45, 2.75) is 32.1 Å². The standard InChI is InChI=1S/C20H26N4O3/c1-14-11-17(15-5-2-7-21-12-15)27-20(26)18(14)19(25)24-10-4-9-23-16-6-3-8-22-13-16/h3,6,8,11,13,15,21,23H,2,4-5,7,9-10,12H2,1H3,(H,24,25). The lowest BCUT2D eigenvalue weighted by Crippen LogP contribution is -2.32. The molecule has 3 heterocycles. The van der Waals surface area contributed by atoms with Crippen molar-refractivity contribution in [3.05, 3.63) is 57.9 Å². The van der Waals surface area contributed by atoms with Crippen LogP contribution in [0.2, 0.25) is 0 Å². The Morgan fingerprint density at radius 3 is 3.00 bits per heavy atom. The van der Waals surface area contributed by atoms with Gasteiger partial charge in [-0.25, -0.2) is 4.79 Å². The summed E-state index contributed by atoms with van der Waals surface area (Å²) in [7, 11) is 0. The van der Waals surface area contributed by atoms with Crippen molar-refractivity contribution in [3.8, 4) is 0 Å². The summed E-state index contributed by atoms with van der Waals surface area (Å²) in [5.41, 5.74) is 1.15. The van der Waals surface area contributed by atoms with E-state index in [9.17, 15) is 9.59 Å². The Balaban J connectivity index is 1.52. The van der Waals surface area contributed by atoms with Crippen molar-refractivity contribution in [2.24, 2.45) is 0 Å². The van der Waals surface area contributed by atoms with E-state index in [0.717, 1.165) is 38.0 Å². The number of pyridine rings is 1. The molecule has 144 valence electrons. The Labute approximate surface area is 158 Å². The van der Waals surface area contributed by atoms with E-state index in [1.165, 1.54) is 0 Å². The summed E-state index contributed by atoms with van der Waals surface area (Å²) < 4.78 is 5.46. The molecule has 7 heteroatoms. The first-order valence-corrected chi connectivity index (χ1v) is 9.42. The molecule has 0 spiro atoms. The number of carbonyl (C=O) groups excluding carboxylic acids is 1. The predicted molar refractivity (Wildman–Crippen MR) is 104 cm³/mol. The van der Waals surface area contributed by atoms with Gasteiger partial charge in [-0.3, -0.25) is 9.78 Å². The minimum absolute atomic E-state index is 0.0998. The summed E-state index contributed by atoms with van der Waals surface area (Å²) in [6, 6.07) is 5.63. The van der Waals surface area contributed by atoms with Crippen LogP contribution in [0.4, 0.5) is 5.69 Å². The van der Waals surface area contributed by atoms with Crippen LogP contribution in [-0.2, 0) is 0 Å². The topological polar surface area (TPSA) is 96.3 Å². The lowest BCUT2D eigenvalue weighted by molar-refractivity contribution is 0.0948. The number of carbonyl (C=O) groups is 1. The number of piperidine rings is 1. The number of anilines is 1. The molecule has 27 heavy (non-hydrogen) atoms. The molecule has 1 atom stereocenters. The lowest BCUT2D eigenvalue weighted by atomic mass is 9.95. The average molecular weight is 370 g/mol. The Hall–Kier alpha value is -2.67. The van der Waals surface area contributed by atoms with Gasteiger partial charge in [0.05, 0.1) is 5.69 Å². The van der Waals surface area contributed by atoms with Gasteiger partial charge < -0.3 is 20.4 Å². The van der Waals surface area contributed by atoms with E-state index in [-0.39, 0.29) is 17.4 Å². The molecule has 0 radical (unpaired) electrons. The predicted octanol–water partition coefficient (Wildman–Crippen LogP) is 2.04. The van der Waals surface area contributed by atoms with Crippen LogP contribution in [0.3, 0.4) is 0 Å². The highest BCUT2D eigenvalue weighted by molar-refractivity contribution is 5.95. The van der Waals surface area contributed by atoms with Crippen LogP contribution >= 0.6 is 0 Å². The Kier molecular flexibility index (Phi) is 6.59. The van der Waals surface area contributed by atoms with Crippen LogP contribution in [0, 0.1) is 6.92 Å². The van der Waals surface area contributed by atoms with Crippen LogP contribution in [0.1, 0.15) is 46.9 Å². The lowest BCUT2D eigenvalue weighted by Gasteiger charge is -2.22. The first-order valence-electron chi connectivity index (χ1n) is 9.42. The van der Waals surface area contributed by atoms with Gasteiger partial charge in [0.15, 0.2) is 0 Å². The molecular formula is C20H26N4O3. The fraction of sp³-hybridized carbons (Fsp3) is 0.450. The van der Waals surface area contributed by atoms with E-state index in [1.54, 1.807) is 19.3 Å². The van der Waals surface area contributed by atoms with Crippen molar-refractivity contribution in [3.63, 3.8) is 0 Å². The molecule has 1 saturated heterocycles. The highest BCUT2D eigenvalue weighted by Crippen LogP contribution is 2.23. The van der Waals surface area contributed by atoms with Crippen molar-refractivity contribution < 1.29 is 9.21 Å². The van der Waals surface area contributed by atoms with E-state index in [2.05, 4.69) is 20.9 Å². The minimum Gasteiger partial charge on any atom is -0.427 e. The molecule has 7 nitrogen and oxygen atoms in total. The van der Waals surface area contributed by atoms with Crippen molar-refractivity contribution in [2.75, 3.05) is 31.5 Å². The Morgan fingerprint density at radius 2 is 2.30 bits per heavy atom. The maximum Gasteiger partial charge on any atom is 0.349 e. The van der Waals surface area contributed by atoms with Crippen LogP contribution in [-0.4, -0.2) is 37.1 Å². The van der Waals surface area contributed by atoms with Gasteiger partial charge in [-0.05, 0) is 56.5 Å². The van der Waals surface area contributed by atoms with Gasteiger partial charge in [-0.1, -0.05) is 0 Å². The summed E-state index contributed by atoms with van der Waals surface area (Å²) in [4.78, 5) is 28.8. The molecule has 3 rings (SSSR count). The van der Waals surface area contributed by atoms with Gasteiger partial charge in [0, 0.05) is 37.9 Å². The smallest absolute Gasteiger partial charge is 0.349 e. The molecule has 0 aliphatic carbocycles. The first-order chi connectivity index (χ1) is 13.1. The largest absolute Gasteiger partial charge is 0.427 e. The first kappa shape index (κ1) is 19.1. The van der Waals surface area contributed by atoms with Crippen LogP contribution < -0.4 is 21.6 Å². The second-order valence-corrected chi connectivity index (χ2v) is 6.82. The van der Waals surface area contributed by atoms with Gasteiger partial charge in [-0.15, -0.1) is 0 Å². The number of nitrogens with one attached hydrogen (secondary N) is 3. The molecule has 2 aromatic rings. The van der Waals surface area contributed by atoms with Crippen molar-refractivity contribution >= 4 is 11.6 Å². The maximum absolute atomic E-state index is 12.4. The molecule has 0 aromatic carbocycles. The second-order valence-electron chi connectivity index (χ2n) is 6.82. The number of amides is 1. The summed E-state index contributed by atoms with van der Waals surface area (Å²) in [6.45, 7) is 4.76.